The number of nitrogens with one attached hydrogen (secondary N) is 1. The zero-order chi connectivity index (χ0) is 27.6. The number of amides is 2. The van der Waals surface area contributed by atoms with Gasteiger partial charge in [-0.3, -0.25) is 9.59 Å². The van der Waals surface area contributed by atoms with Gasteiger partial charge in [0, 0.05) is 37.2 Å². The van der Waals surface area contributed by atoms with Crippen molar-refractivity contribution in [3.05, 3.63) is 99.5 Å². The molecule has 2 N–H and O–H groups in total. The molecule has 2 aliphatic rings. The molecule has 2 aliphatic heterocycles. The number of aromatic hydroxyl groups is 1. The van der Waals surface area contributed by atoms with E-state index in [2.05, 4.69) is 10.3 Å². The van der Waals surface area contributed by atoms with Gasteiger partial charge < -0.3 is 24.8 Å². The average Bonchev–Trinajstić information content (AvgIpc) is 3.60. The Bertz CT molecular complexity index is 1550. The Morgan fingerprint density at radius 1 is 1.10 bits per heavy atom. The fourth-order valence-corrected chi connectivity index (χ4v) is 6.13. The van der Waals surface area contributed by atoms with Crippen molar-refractivity contribution in [1.82, 2.24) is 15.2 Å². The maximum absolute atomic E-state index is 13.6. The van der Waals surface area contributed by atoms with Gasteiger partial charge in [0.15, 0.2) is 23.0 Å². The van der Waals surface area contributed by atoms with E-state index in [4.69, 9.17) is 9.47 Å². The van der Waals surface area contributed by atoms with E-state index in [1.165, 1.54) is 11.3 Å². The highest BCUT2D eigenvalue weighted by Gasteiger charge is 2.38. The second-order valence-electron chi connectivity index (χ2n) is 10.1. The van der Waals surface area contributed by atoms with Crippen LogP contribution in [-0.2, 0) is 17.6 Å². The Morgan fingerprint density at radius 3 is 2.77 bits per heavy atom. The number of hydrogen-bond donors (Lipinski definition) is 2. The maximum Gasteiger partial charge on any atom is 0.273 e. The number of benzene rings is 3. The van der Waals surface area contributed by atoms with E-state index in [9.17, 15) is 14.7 Å². The van der Waals surface area contributed by atoms with E-state index in [0.29, 0.717) is 48.9 Å². The topological polar surface area (TPSA) is 101 Å². The van der Waals surface area contributed by atoms with Crippen LogP contribution in [0.25, 0.3) is 0 Å². The molecule has 0 aliphatic carbocycles. The number of nitrogens with zero attached hydrogens (tertiary/aromatic N) is 2. The summed E-state index contributed by atoms with van der Waals surface area (Å²) in [6.45, 7) is 0.789. The van der Waals surface area contributed by atoms with E-state index in [0.717, 1.165) is 21.7 Å². The van der Waals surface area contributed by atoms with Crippen LogP contribution in [0.1, 0.15) is 44.5 Å². The summed E-state index contributed by atoms with van der Waals surface area (Å²) in [7, 11) is 1.56. The van der Waals surface area contributed by atoms with Gasteiger partial charge in [-0.05, 0) is 47.4 Å². The second-order valence-corrected chi connectivity index (χ2v) is 11.0. The molecule has 3 heterocycles. The van der Waals surface area contributed by atoms with Crippen LogP contribution < -0.4 is 14.8 Å². The average molecular weight is 556 g/mol. The van der Waals surface area contributed by atoms with Gasteiger partial charge in [-0.1, -0.05) is 42.5 Å². The van der Waals surface area contributed by atoms with Crippen LogP contribution in [0.4, 0.5) is 0 Å². The molecule has 6 rings (SSSR count). The number of hydrogen-bond acceptors (Lipinski definition) is 7. The van der Waals surface area contributed by atoms with Gasteiger partial charge in [-0.2, -0.15) is 0 Å². The molecular formula is C31H29N3O5S. The summed E-state index contributed by atoms with van der Waals surface area (Å²) in [5.74, 6) is 0.856. The molecule has 40 heavy (non-hydrogen) atoms. The summed E-state index contributed by atoms with van der Waals surface area (Å²) in [5, 5.41) is 16.3. The number of aromatic nitrogens is 1. The van der Waals surface area contributed by atoms with Crippen molar-refractivity contribution in [1.29, 1.82) is 0 Å². The summed E-state index contributed by atoms with van der Waals surface area (Å²) in [6, 6.07) is 20.5. The van der Waals surface area contributed by atoms with Gasteiger partial charge in [-0.15, -0.1) is 11.3 Å². The number of fused-ring (bicyclic) bond motifs is 6. The molecule has 1 fully saturated rings. The number of phenolic OH excluding ortho intramolecular Hbond substituents is 1. The van der Waals surface area contributed by atoms with Crippen LogP contribution in [0.2, 0.25) is 0 Å². The summed E-state index contributed by atoms with van der Waals surface area (Å²) in [6.07, 6.45) is 1.43. The molecule has 8 nitrogen and oxygen atoms in total. The van der Waals surface area contributed by atoms with E-state index in [1.54, 1.807) is 30.2 Å². The molecule has 4 aromatic rings. The first-order valence-corrected chi connectivity index (χ1v) is 14.1. The summed E-state index contributed by atoms with van der Waals surface area (Å²) < 4.78 is 11.7. The normalized spacial score (nSPS) is 18.4. The fourth-order valence-electron chi connectivity index (χ4n) is 5.33. The predicted molar refractivity (Wildman–Crippen MR) is 151 cm³/mol. The molecule has 3 aromatic carbocycles. The van der Waals surface area contributed by atoms with Crippen LogP contribution in [0.15, 0.2) is 72.1 Å². The van der Waals surface area contributed by atoms with Crippen LogP contribution in [0, 0.1) is 0 Å². The van der Waals surface area contributed by atoms with Crippen molar-refractivity contribution in [3.63, 3.8) is 0 Å². The minimum atomic E-state index is -0.280. The molecule has 2 amide bonds. The molecule has 0 radical (unpaired) electrons. The summed E-state index contributed by atoms with van der Waals surface area (Å²) in [4.78, 5) is 33.0. The van der Waals surface area contributed by atoms with Gasteiger partial charge in [0.05, 0.1) is 18.2 Å². The highest BCUT2D eigenvalue weighted by Crippen LogP contribution is 2.40. The minimum absolute atomic E-state index is 0.000871. The third kappa shape index (κ3) is 5.37. The van der Waals surface area contributed by atoms with Crippen molar-refractivity contribution >= 4 is 23.2 Å². The Hall–Kier alpha value is -4.37. The number of methoxy groups -OCH3 is 1. The van der Waals surface area contributed by atoms with Gasteiger partial charge in [0.2, 0.25) is 5.91 Å². The van der Waals surface area contributed by atoms with Crippen LogP contribution in [0.3, 0.4) is 0 Å². The van der Waals surface area contributed by atoms with Crippen molar-refractivity contribution in [3.8, 4) is 23.0 Å². The molecule has 9 heteroatoms. The Morgan fingerprint density at radius 2 is 1.95 bits per heavy atom. The van der Waals surface area contributed by atoms with Crippen LogP contribution in [0.5, 0.6) is 23.0 Å². The van der Waals surface area contributed by atoms with Crippen LogP contribution >= 0.6 is 11.3 Å². The number of thiazole rings is 1. The zero-order valence-electron chi connectivity index (χ0n) is 22.0. The van der Waals surface area contributed by atoms with E-state index in [1.807, 2.05) is 53.9 Å². The monoisotopic (exact) mass is 555 g/mol. The quantitative estimate of drug-likeness (QED) is 0.371. The zero-order valence-corrected chi connectivity index (χ0v) is 22.8. The molecule has 2 atom stereocenters. The predicted octanol–water partition coefficient (Wildman–Crippen LogP) is 4.91. The first-order valence-electron chi connectivity index (χ1n) is 13.2. The number of rotatable bonds is 4. The lowest BCUT2D eigenvalue weighted by atomic mass is 9.93. The first kappa shape index (κ1) is 25.9. The number of carbonyl (C=O) groups is 2. The highest BCUT2D eigenvalue weighted by molar-refractivity contribution is 7.09. The number of aryl methyl sites for hydroxylation is 1. The first-order chi connectivity index (χ1) is 19.5. The molecule has 4 bridgehead atoms. The number of ether oxygens (including phenoxy) is 2. The maximum atomic E-state index is 13.6. The number of carbonyl (C=O) groups excluding carboxylic acids is 2. The van der Waals surface area contributed by atoms with E-state index in [-0.39, 0.29) is 35.9 Å². The fraction of sp³-hybridized carbons (Fsp3) is 0.258. The summed E-state index contributed by atoms with van der Waals surface area (Å²) in [5.41, 5.74) is 3.33. The molecule has 1 aromatic heterocycles. The smallest absolute Gasteiger partial charge is 0.273 e. The third-order valence-electron chi connectivity index (χ3n) is 7.42. The van der Waals surface area contributed by atoms with Gasteiger partial charge in [-0.25, -0.2) is 4.98 Å². The van der Waals surface area contributed by atoms with Crippen molar-refractivity contribution < 1.29 is 24.2 Å². The van der Waals surface area contributed by atoms with Crippen molar-refractivity contribution in [2.24, 2.45) is 0 Å². The lowest BCUT2D eigenvalue weighted by molar-refractivity contribution is -0.121. The Kier molecular flexibility index (Phi) is 7.13. The SMILES string of the molecule is COc1ccc2cc1Oc1cc(ccc1O)CCC(=O)N[C@@H]1CN(C(=O)c3csc(Cc4ccccc4)n3)C[C@@H]21. The summed E-state index contributed by atoms with van der Waals surface area (Å²) >= 11 is 1.48. The van der Waals surface area contributed by atoms with Crippen LogP contribution in [-0.4, -0.2) is 53.0 Å². The standard InChI is InChI=1S/C31H29N3O5S/c1-38-26-11-9-21-15-28(26)39-27-13-20(7-10-25(27)35)8-12-29(36)32-23-17-34(16-22(21)23)31(37)24-18-40-30(33-24)14-19-5-3-2-4-6-19/h2-7,9-11,13,15,18,22-23,35H,8,12,14,16-17H2,1H3,(H,32,36)/t22-,23+/m0/s1. The second kappa shape index (κ2) is 11.0. The lowest BCUT2D eigenvalue weighted by Crippen LogP contribution is -2.40. The molecule has 0 spiro atoms. The van der Waals surface area contributed by atoms with E-state index < -0.39 is 0 Å². The molecule has 204 valence electrons. The Balaban J connectivity index is 1.28. The van der Waals surface area contributed by atoms with Gasteiger partial charge >= 0.3 is 0 Å². The van der Waals surface area contributed by atoms with Gasteiger partial charge in [0.25, 0.3) is 5.91 Å². The Labute approximate surface area is 236 Å². The minimum Gasteiger partial charge on any atom is -0.504 e. The van der Waals surface area contributed by atoms with Crippen molar-refractivity contribution in [2.45, 2.75) is 31.2 Å². The third-order valence-corrected chi connectivity index (χ3v) is 8.27. The van der Waals surface area contributed by atoms with Gasteiger partial charge in [0.1, 0.15) is 5.69 Å². The largest absolute Gasteiger partial charge is 0.504 e. The molecule has 0 saturated carbocycles. The number of phenols is 1. The molecule has 0 unspecified atom stereocenters. The molecule has 1 saturated heterocycles. The van der Waals surface area contributed by atoms with Crippen molar-refractivity contribution in [2.75, 3.05) is 20.2 Å². The van der Waals surface area contributed by atoms with E-state index >= 15 is 0 Å². The number of likely N-dealkylation sites (tertiary alicyclic amines) is 1. The molecular weight excluding hydrogens is 526 g/mol. The lowest BCUT2D eigenvalue weighted by Gasteiger charge is -2.21. The highest BCUT2D eigenvalue weighted by atomic mass is 32.1.